The number of nitrogens with zero attached hydrogens (tertiary/aromatic N) is 3. The Kier molecular flexibility index (Phi) is 5.61. The molecule has 0 bridgehead atoms. The van der Waals surface area contributed by atoms with Crippen molar-refractivity contribution in [1.29, 1.82) is 0 Å². The van der Waals surface area contributed by atoms with Crippen molar-refractivity contribution in [3.8, 4) is 0 Å². The average Bonchev–Trinajstić information content (AvgIpc) is 3.24. The summed E-state index contributed by atoms with van der Waals surface area (Å²) in [5.41, 5.74) is 2.51. The molecule has 1 atom stereocenters. The minimum absolute atomic E-state index is 0.403. The molecule has 1 aliphatic rings. The van der Waals surface area contributed by atoms with Gasteiger partial charge in [-0.2, -0.15) is 0 Å². The van der Waals surface area contributed by atoms with Crippen molar-refractivity contribution >= 4 is 5.94 Å². The normalized spacial score (nSPS) is 19.2. The SMILES string of the molecule is CCON1CCC(c2ccccc2)(c2nccn2Cc2ccccc2)CC1=C=O. The van der Waals surface area contributed by atoms with Crippen LogP contribution in [0.4, 0.5) is 0 Å². The number of hydrogen-bond acceptors (Lipinski definition) is 4. The molecule has 0 spiro atoms. The van der Waals surface area contributed by atoms with E-state index in [4.69, 9.17) is 9.82 Å². The first-order valence-corrected chi connectivity index (χ1v) is 10.0. The molecular formula is C24H25N3O2. The molecule has 0 radical (unpaired) electrons. The Labute approximate surface area is 171 Å². The van der Waals surface area contributed by atoms with Crippen molar-refractivity contribution in [3.63, 3.8) is 0 Å². The summed E-state index contributed by atoms with van der Waals surface area (Å²) in [6, 6.07) is 20.7. The van der Waals surface area contributed by atoms with Crippen LogP contribution in [-0.2, 0) is 21.6 Å². The molecule has 4 rings (SSSR count). The second-order valence-electron chi connectivity index (χ2n) is 7.31. The third kappa shape index (κ3) is 3.75. The molecular weight excluding hydrogens is 362 g/mol. The quantitative estimate of drug-likeness (QED) is 0.600. The van der Waals surface area contributed by atoms with Crippen molar-refractivity contribution < 1.29 is 9.63 Å². The van der Waals surface area contributed by atoms with E-state index in [1.54, 1.807) is 5.06 Å². The van der Waals surface area contributed by atoms with Crippen LogP contribution in [0.5, 0.6) is 0 Å². The van der Waals surface area contributed by atoms with Crippen molar-refractivity contribution in [3.05, 3.63) is 95.7 Å². The van der Waals surface area contributed by atoms with Crippen LogP contribution in [0, 0.1) is 0 Å². The number of carbonyl (C=O) groups excluding carboxylic acids is 1. The van der Waals surface area contributed by atoms with Gasteiger partial charge in [0.25, 0.3) is 0 Å². The number of benzene rings is 2. The predicted octanol–water partition coefficient (Wildman–Crippen LogP) is 3.98. The maximum absolute atomic E-state index is 11.8. The molecule has 0 aliphatic carbocycles. The van der Waals surface area contributed by atoms with E-state index in [-0.39, 0.29) is 0 Å². The van der Waals surface area contributed by atoms with Crippen LogP contribution in [0.15, 0.2) is 78.8 Å². The Morgan fingerprint density at radius 1 is 1.10 bits per heavy atom. The Hall–Kier alpha value is -3.14. The number of aromatic nitrogens is 2. The molecule has 0 amide bonds. The average molecular weight is 387 g/mol. The molecule has 1 aliphatic heterocycles. The van der Waals surface area contributed by atoms with E-state index in [1.807, 2.05) is 55.7 Å². The Morgan fingerprint density at radius 2 is 1.83 bits per heavy atom. The second kappa shape index (κ2) is 8.48. The van der Waals surface area contributed by atoms with Crippen LogP contribution in [-0.4, -0.2) is 33.7 Å². The lowest BCUT2D eigenvalue weighted by molar-refractivity contribution is -0.140. The van der Waals surface area contributed by atoms with Crippen LogP contribution >= 0.6 is 0 Å². The van der Waals surface area contributed by atoms with Gasteiger partial charge < -0.3 is 4.57 Å². The molecule has 0 saturated carbocycles. The summed E-state index contributed by atoms with van der Waals surface area (Å²) in [7, 11) is 0. The van der Waals surface area contributed by atoms with E-state index in [2.05, 4.69) is 34.8 Å². The summed E-state index contributed by atoms with van der Waals surface area (Å²) < 4.78 is 2.20. The zero-order valence-electron chi connectivity index (χ0n) is 16.6. The van der Waals surface area contributed by atoms with Gasteiger partial charge in [-0.1, -0.05) is 60.7 Å². The number of imidazole rings is 1. The lowest BCUT2D eigenvalue weighted by Crippen LogP contribution is -2.43. The van der Waals surface area contributed by atoms with Crippen molar-refractivity contribution in [1.82, 2.24) is 14.6 Å². The topological polar surface area (TPSA) is 47.4 Å². The van der Waals surface area contributed by atoms with Gasteiger partial charge in [0.15, 0.2) is 0 Å². The van der Waals surface area contributed by atoms with Crippen molar-refractivity contribution in [2.24, 2.45) is 0 Å². The number of allylic oxidation sites excluding steroid dienone is 1. The summed E-state index contributed by atoms with van der Waals surface area (Å²) in [6.07, 6.45) is 5.18. The fourth-order valence-corrected chi connectivity index (χ4v) is 4.23. The minimum Gasteiger partial charge on any atom is -0.330 e. The van der Waals surface area contributed by atoms with Gasteiger partial charge >= 0.3 is 0 Å². The molecule has 148 valence electrons. The van der Waals surface area contributed by atoms with Crippen LogP contribution in [0.1, 0.15) is 36.7 Å². The molecule has 5 heteroatoms. The van der Waals surface area contributed by atoms with Gasteiger partial charge in [0.2, 0.25) is 0 Å². The standard InChI is InChI=1S/C24H25N3O2/c1-2-29-27-15-13-24(17-22(27)19-28,21-11-7-4-8-12-21)23-25-14-16-26(23)18-20-9-5-3-6-10-20/h3-12,14,16H,2,13,15,17-18H2,1H3. The lowest BCUT2D eigenvalue weighted by atomic mass is 9.71. The van der Waals surface area contributed by atoms with Gasteiger partial charge in [0, 0.05) is 31.9 Å². The summed E-state index contributed by atoms with van der Waals surface area (Å²) in [5, 5.41) is 1.69. The molecule has 2 aromatic carbocycles. The van der Waals surface area contributed by atoms with Gasteiger partial charge in [-0.15, -0.1) is 0 Å². The highest BCUT2D eigenvalue weighted by Gasteiger charge is 2.44. The molecule has 5 nitrogen and oxygen atoms in total. The maximum Gasteiger partial charge on any atom is 0.148 e. The summed E-state index contributed by atoms with van der Waals surface area (Å²) in [6.45, 7) is 3.80. The first kappa shape index (κ1) is 19.2. The Morgan fingerprint density at radius 3 is 2.52 bits per heavy atom. The van der Waals surface area contributed by atoms with E-state index in [9.17, 15) is 4.79 Å². The summed E-state index contributed by atoms with van der Waals surface area (Å²) in [5.74, 6) is 3.09. The van der Waals surface area contributed by atoms with Crippen LogP contribution in [0.2, 0.25) is 0 Å². The Bertz CT molecular complexity index is 993. The van der Waals surface area contributed by atoms with Gasteiger partial charge in [-0.3, -0.25) is 4.84 Å². The van der Waals surface area contributed by atoms with E-state index in [0.29, 0.717) is 25.3 Å². The van der Waals surface area contributed by atoms with Gasteiger partial charge in [0.1, 0.15) is 17.5 Å². The van der Waals surface area contributed by atoms with Gasteiger partial charge in [-0.25, -0.2) is 14.8 Å². The lowest BCUT2D eigenvalue weighted by Gasteiger charge is -2.42. The zero-order chi connectivity index (χ0) is 20.1. The van der Waals surface area contributed by atoms with E-state index >= 15 is 0 Å². The number of hydrogen-bond donors (Lipinski definition) is 0. The van der Waals surface area contributed by atoms with Crippen molar-refractivity contribution in [2.75, 3.05) is 13.2 Å². The van der Waals surface area contributed by atoms with Crippen molar-refractivity contribution in [2.45, 2.75) is 31.7 Å². The summed E-state index contributed by atoms with van der Waals surface area (Å²) >= 11 is 0. The zero-order valence-corrected chi connectivity index (χ0v) is 16.6. The fourth-order valence-electron chi connectivity index (χ4n) is 4.23. The third-order valence-electron chi connectivity index (χ3n) is 5.58. The van der Waals surface area contributed by atoms with E-state index < -0.39 is 5.41 Å². The van der Waals surface area contributed by atoms with E-state index in [0.717, 1.165) is 24.4 Å². The van der Waals surface area contributed by atoms with Crippen LogP contribution < -0.4 is 0 Å². The summed E-state index contributed by atoms with van der Waals surface area (Å²) in [4.78, 5) is 22.2. The van der Waals surface area contributed by atoms with Crippen LogP contribution in [0.3, 0.4) is 0 Å². The fraction of sp³-hybridized carbons (Fsp3) is 0.292. The number of hydroxylamine groups is 2. The molecule has 1 unspecified atom stereocenters. The molecule has 1 fully saturated rings. The number of rotatable bonds is 6. The molecule has 1 aromatic heterocycles. The third-order valence-corrected chi connectivity index (χ3v) is 5.58. The minimum atomic E-state index is -0.403. The molecule has 29 heavy (non-hydrogen) atoms. The molecule has 2 heterocycles. The van der Waals surface area contributed by atoms with Crippen LogP contribution in [0.25, 0.3) is 0 Å². The largest absolute Gasteiger partial charge is 0.330 e. The molecule has 3 aromatic rings. The predicted molar refractivity (Wildman–Crippen MR) is 112 cm³/mol. The molecule has 1 saturated heterocycles. The first-order valence-electron chi connectivity index (χ1n) is 10.0. The maximum atomic E-state index is 11.8. The monoisotopic (exact) mass is 387 g/mol. The Balaban J connectivity index is 1.78. The van der Waals surface area contributed by atoms with E-state index in [1.165, 1.54) is 5.56 Å². The second-order valence-corrected chi connectivity index (χ2v) is 7.31. The first-order chi connectivity index (χ1) is 14.3. The highest BCUT2D eigenvalue weighted by atomic mass is 16.7. The van der Waals surface area contributed by atoms with Gasteiger partial charge in [0.05, 0.1) is 12.0 Å². The van der Waals surface area contributed by atoms with Gasteiger partial charge in [-0.05, 0) is 24.5 Å². The molecule has 0 N–H and O–H groups in total. The number of piperidine rings is 1. The highest BCUT2D eigenvalue weighted by Crippen LogP contribution is 2.44. The smallest absolute Gasteiger partial charge is 0.148 e. The highest BCUT2D eigenvalue weighted by molar-refractivity contribution is 5.54.